The number of fused-ring (bicyclic) bond motifs is 3. The smallest absolute Gasteiger partial charge is 0.251 e. The Morgan fingerprint density at radius 2 is 1.90 bits per heavy atom. The Balaban J connectivity index is 1.51. The number of aromatic nitrogens is 2. The van der Waals surface area contributed by atoms with Crippen molar-refractivity contribution < 1.29 is 9.59 Å². The molecule has 2 heterocycles. The average Bonchev–Trinajstić information content (AvgIpc) is 2.89. The van der Waals surface area contributed by atoms with E-state index in [1.165, 1.54) is 0 Å². The van der Waals surface area contributed by atoms with Crippen molar-refractivity contribution in [3.05, 3.63) is 65.9 Å². The summed E-state index contributed by atoms with van der Waals surface area (Å²) in [7, 11) is 0. The number of hydrogen-bond donors (Lipinski definition) is 3. The molecule has 0 saturated heterocycles. The highest BCUT2D eigenvalue weighted by atomic mass is 16.2. The first-order valence-electron chi connectivity index (χ1n) is 10.4. The minimum Gasteiger partial charge on any atom is -0.352 e. The van der Waals surface area contributed by atoms with E-state index in [1.54, 1.807) is 18.3 Å². The molecule has 7 heteroatoms. The van der Waals surface area contributed by atoms with Gasteiger partial charge in [0, 0.05) is 35.1 Å². The summed E-state index contributed by atoms with van der Waals surface area (Å²) >= 11 is 0. The maximum absolute atomic E-state index is 12.2. The molecule has 2 amide bonds. The van der Waals surface area contributed by atoms with Crippen LogP contribution in [0.2, 0.25) is 0 Å². The molecule has 0 aliphatic carbocycles. The molecule has 2 aromatic carbocycles. The van der Waals surface area contributed by atoms with Gasteiger partial charge in [-0.2, -0.15) is 0 Å². The Morgan fingerprint density at radius 3 is 2.68 bits per heavy atom. The zero-order valence-corrected chi connectivity index (χ0v) is 17.6. The van der Waals surface area contributed by atoms with E-state index in [0.29, 0.717) is 24.0 Å². The summed E-state index contributed by atoms with van der Waals surface area (Å²) in [4.78, 5) is 33.4. The normalized spacial score (nSPS) is 12.4. The Hall–Kier alpha value is -3.74. The summed E-state index contributed by atoms with van der Waals surface area (Å²) in [6.07, 6.45) is 2.86. The number of nitrogens with zero attached hydrogens (tertiary/aromatic N) is 2. The third-order valence-corrected chi connectivity index (χ3v) is 5.08. The molecule has 1 aliphatic heterocycles. The quantitative estimate of drug-likeness (QED) is 0.562. The minimum atomic E-state index is -0.0854. The number of benzene rings is 2. The first-order valence-corrected chi connectivity index (χ1v) is 10.4. The zero-order chi connectivity index (χ0) is 21.8. The van der Waals surface area contributed by atoms with Crippen LogP contribution in [0.4, 0.5) is 17.3 Å². The number of para-hydroxylation sites is 1. The summed E-state index contributed by atoms with van der Waals surface area (Å²) in [6.45, 7) is 4.92. The summed E-state index contributed by atoms with van der Waals surface area (Å²) in [5.74, 6) is 0.811. The topological polar surface area (TPSA) is 96.0 Å². The number of hydrogen-bond acceptors (Lipinski definition) is 5. The molecule has 4 rings (SSSR count). The second kappa shape index (κ2) is 8.95. The van der Waals surface area contributed by atoms with Gasteiger partial charge in [0.2, 0.25) is 11.9 Å². The van der Waals surface area contributed by atoms with Crippen LogP contribution in [-0.2, 0) is 11.2 Å². The molecular formula is C24H25N5O2. The van der Waals surface area contributed by atoms with Crippen LogP contribution in [0.15, 0.2) is 54.7 Å². The number of anilines is 3. The fraction of sp³-hybridized carbons (Fsp3) is 0.250. The van der Waals surface area contributed by atoms with Crippen LogP contribution in [0, 0.1) is 5.92 Å². The number of amides is 2. The Bertz CT molecular complexity index is 1110. The Labute approximate surface area is 181 Å². The molecule has 158 valence electrons. The fourth-order valence-corrected chi connectivity index (χ4v) is 3.41. The lowest BCUT2D eigenvalue weighted by molar-refractivity contribution is -0.115. The van der Waals surface area contributed by atoms with Gasteiger partial charge >= 0.3 is 0 Å². The van der Waals surface area contributed by atoms with Crippen molar-refractivity contribution in [1.29, 1.82) is 0 Å². The number of rotatable bonds is 6. The highest BCUT2D eigenvalue weighted by molar-refractivity contribution is 6.00. The second-order valence-electron chi connectivity index (χ2n) is 7.98. The van der Waals surface area contributed by atoms with Crippen molar-refractivity contribution in [2.45, 2.75) is 26.7 Å². The SMILES string of the molecule is CC(C)CCNC(=O)c1ccc(Nc2ncc3c(n2)-c2ccccc2NC(=O)C3)cc1. The maximum Gasteiger partial charge on any atom is 0.251 e. The molecule has 1 aromatic heterocycles. The molecule has 1 aliphatic rings. The van der Waals surface area contributed by atoms with Gasteiger partial charge in [0.05, 0.1) is 17.8 Å². The first-order chi connectivity index (χ1) is 15.0. The molecule has 7 nitrogen and oxygen atoms in total. The summed E-state index contributed by atoms with van der Waals surface area (Å²) in [5.41, 5.74) is 4.49. The average molecular weight is 415 g/mol. The van der Waals surface area contributed by atoms with E-state index >= 15 is 0 Å². The van der Waals surface area contributed by atoms with Gasteiger partial charge in [-0.15, -0.1) is 0 Å². The fourth-order valence-electron chi connectivity index (χ4n) is 3.41. The second-order valence-corrected chi connectivity index (χ2v) is 7.98. The van der Waals surface area contributed by atoms with E-state index in [-0.39, 0.29) is 18.2 Å². The number of carbonyl (C=O) groups excluding carboxylic acids is 2. The standard InChI is InChI=1S/C24H25N5O2/c1-15(2)11-12-25-23(31)16-7-9-18(10-8-16)27-24-26-14-17-13-21(30)28-20-6-4-3-5-19(20)22(17)29-24/h3-10,14-15H,11-13H2,1-2H3,(H,25,31)(H,28,30)(H,26,27,29). The molecule has 0 saturated carbocycles. The number of carbonyl (C=O) groups is 2. The van der Waals surface area contributed by atoms with Crippen LogP contribution in [-0.4, -0.2) is 28.3 Å². The van der Waals surface area contributed by atoms with Crippen molar-refractivity contribution in [3.63, 3.8) is 0 Å². The lowest BCUT2D eigenvalue weighted by Gasteiger charge is -2.11. The highest BCUT2D eigenvalue weighted by Gasteiger charge is 2.20. The van der Waals surface area contributed by atoms with E-state index in [0.717, 1.165) is 34.6 Å². The van der Waals surface area contributed by atoms with E-state index in [9.17, 15) is 9.59 Å². The zero-order valence-electron chi connectivity index (χ0n) is 17.6. The van der Waals surface area contributed by atoms with Crippen LogP contribution in [0.1, 0.15) is 36.2 Å². The number of nitrogens with one attached hydrogen (secondary N) is 3. The van der Waals surface area contributed by atoms with Crippen LogP contribution in [0.25, 0.3) is 11.3 Å². The lowest BCUT2D eigenvalue weighted by atomic mass is 10.1. The highest BCUT2D eigenvalue weighted by Crippen LogP contribution is 2.32. The minimum absolute atomic E-state index is 0.0812. The predicted octanol–water partition coefficient (Wildman–Crippen LogP) is 4.16. The van der Waals surface area contributed by atoms with E-state index in [4.69, 9.17) is 0 Å². The predicted molar refractivity (Wildman–Crippen MR) is 121 cm³/mol. The van der Waals surface area contributed by atoms with Gasteiger partial charge in [-0.05, 0) is 42.7 Å². The van der Waals surface area contributed by atoms with Crippen molar-refractivity contribution in [2.75, 3.05) is 17.2 Å². The maximum atomic E-state index is 12.2. The largest absolute Gasteiger partial charge is 0.352 e. The van der Waals surface area contributed by atoms with Crippen LogP contribution < -0.4 is 16.0 Å². The van der Waals surface area contributed by atoms with Gasteiger partial charge in [-0.1, -0.05) is 32.0 Å². The van der Waals surface area contributed by atoms with Gasteiger partial charge in [-0.25, -0.2) is 9.97 Å². The molecule has 0 fully saturated rings. The van der Waals surface area contributed by atoms with Gasteiger partial charge in [0.15, 0.2) is 0 Å². The summed E-state index contributed by atoms with van der Waals surface area (Å²) in [6, 6.07) is 14.8. The van der Waals surface area contributed by atoms with Crippen LogP contribution >= 0.6 is 0 Å². The van der Waals surface area contributed by atoms with Gasteiger partial charge in [0.25, 0.3) is 5.91 Å². The molecule has 0 spiro atoms. The third-order valence-electron chi connectivity index (χ3n) is 5.08. The monoisotopic (exact) mass is 415 g/mol. The van der Waals surface area contributed by atoms with E-state index in [1.807, 2.05) is 36.4 Å². The van der Waals surface area contributed by atoms with Crippen molar-refractivity contribution in [1.82, 2.24) is 15.3 Å². The van der Waals surface area contributed by atoms with E-state index < -0.39 is 0 Å². The molecule has 0 atom stereocenters. The lowest BCUT2D eigenvalue weighted by Crippen LogP contribution is -2.25. The van der Waals surface area contributed by atoms with Crippen molar-refractivity contribution in [2.24, 2.45) is 5.92 Å². The molecular weight excluding hydrogens is 390 g/mol. The third kappa shape index (κ3) is 4.88. The van der Waals surface area contributed by atoms with Gasteiger partial charge in [0.1, 0.15) is 0 Å². The van der Waals surface area contributed by atoms with Gasteiger partial charge in [-0.3, -0.25) is 9.59 Å². The summed E-state index contributed by atoms with van der Waals surface area (Å²) < 4.78 is 0. The van der Waals surface area contributed by atoms with Gasteiger partial charge < -0.3 is 16.0 Å². The molecule has 3 N–H and O–H groups in total. The van der Waals surface area contributed by atoms with Crippen LogP contribution in [0.3, 0.4) is 0 Å². The first kappa shape index (κ1) is 20.5. The summed E-state index contributed by atoms with van der Waals surface area (Å²) in [5, 5.41) is 9.03. The molecule has 31 heavy (non-hydrogen) atoms. The van der Waals surface area contributed by atoms with Crippen LogP contribution in [0.5, 0.6) is 0 Å². The Morgan fingerprint density at radius 1 is 1.13 bits per heavy atom. The Kier molecular flexibility index (Phi) is 5.93. The van der Waals surface area contributed by atoms with Crippen molar-refractivity contribution in [3.8, 4) is 11.3 Å². The molecule has 3 aromatic rings. The van der Waals surface area contributed by atoms with Crippen molar-refractivity contribution >= 4 is 29.1 Å². The molecule has 0 unspecified atom stereocenters. The van der Waals surface area contributed by atoms with E-state index in [2.05, 4.69) is 39.8 Å². The molecule has 0 radical (unpaired) electrons. The molecule has 0 bridgehead atoms.